The van der Waals surface area contributed by atoms with Crippen LogP contribution in [0.5, 0.6) is 0 Å². The molecule has 0 aromatic carbocycles. The Kier molecular flexibility index (Phi) is 10.3. The minimum atomic E-state index is -2.02. The molecule has 0 aliphatic rings. The predicted octanol–water partition coefficient (Wildman–Crippen LogP) is -1.22. The van der Waals surface area contributed by atoms with E-state index in [0.29, 0.717) is 0 Å². The molecule has 33 valence electrons. The van der Waals surface area contributed by atoms with Gasteiger partial charge in [0.25, 0.3) is 0 Å². The van der Waals surface area contributed by atoms with E-state index in [2.05, 4.69) is 0 Å². The average molecular weight is 119 g/mol. The van der Waals surface area contributed by atoms with Crippen molar-refractivity contribution in [2.24, 2.45) is 0 Å². The van der Waals surface area contributed by atoms with E-state index in [0.717, 1.165) is 0 Å². The van der Waals surface area contributed by atoms with Crippen molar-refractivity contribution in [3.8, 4) is 0 Å². The Morgan fingerprint density at radius 3 is 1.83 bits per heavy atom. The molecule has 0 aliphatic heterocycles. The van der Waals surface area contributed by atoms with Crippen LogP contribution in [-0.2, 0) is 11.1 Å². The number of hydrogen-bond acceptors (Lipinski definition) is 2. The summed E-state index contributed by atoms with van der Waals surface area (Å²) in [5, 5.41) is 7.59. The van der Waals surface area contributed by atoms with Gasteiger partial charge in [-0.05, 0) is 0 Å². The van der Waals surface area contributed by atoms with Crippen LogP contribution < -0.4 is 0 Å². The standard InChI is InChI=1S/CH4O3S.Na/c2-1-5(3)4;/h2H,1H2,(H,3,4);. The summed E-state index contributed by atoms with van der Waals surface area (Å²) >= 11 is -2.02. The van der Waals surface area contributed by atoms with Crippen LogP contribution in [0, 0.1) is 0 Å². The first-order valence-electron chi connectivity index (χ1n) is 0.954. The maximum absolute atomic E-state index is 9.23. The zero-order chi connectivity index (χ0) is 4.28. The molecular weight excluding hydrogens is 115 g/mol. The van der Waals surface area contributed by atoms with Crippen LogP contribution in [0.4, 0.5) is 0 Å². The van der Waals surface area contributed by atoms with Crippen LogP contribution >= 0.6 is 0 Å². The summed E-state index contributed by atoms with van der Waals surface area (Å²) < 4.78 is 16.8. The van der Waals surface area contributed by atoms with Crippen LogP contribution in [0.25, 0.3) is 0 Å². The normalized spacial score (nSPS) is 12.3. The predicted molar refractivity (Wildman–Crippen MR) is 23.6 cm³/mol. The average Bonchev–Trinajstić information content (AvgIpc) is 1.38. The number of rotatable bonds is 1. The summed E-state index contributed by atoms with van der Waals surface area (Å²) in [7, 11) is 0. The van der Waals surface area contributed by atoms with Gasteiger partial charge in [-0.15, -0.1) is 0 Å². The molecule has 0 aromatic heterocycles. The fraction of sp³-hybridized carbons (Fsp3) is 1.00. The van der Waals surface area contributed by atoms with Crippen LogP contribution in [-0.4, -0.2) is 49.4 Å². The molecule has 0 bridgehead atoms. The summed E-state index contributed by atoms with van der Waals surface area (Å²) in [6, 6.07) is 0. The first kappa shape index (κ1) is 10.1. The van der Waals surface area contributed by atoms with E-state index in [-0.39, 0.29) is 29.6 Å². The number of aliphatic hydroxyl groups is 1. The largest absolute Gasteiger partial charge is 0.381 e. The molecule has 0 amide bonds. The minimum Gasteiger partial charge on any atom is -0.381 e. The van der Waals surface area contributed by atoms with Gasteiger partial charge in [-0.1, -0.05) is 0 Å². The van der Waals surface area contributed by atoms with Gasteiger partial charge in [0.1, 0.15) is 5.94 Å². The fourth-order valence-electron chi connectivity index (χ4n) is 0. The second-order valence-electron chi connectivity index (χ2n) is 0.451. The Labute approximate surface area is 60.3 Å². The molecule has 0 heterocycles. The molecular formula is CH4NaO3S. The molecule has 1 unspecified atom stereocenters. The van der Waals surface area contributed by atoms with Gasteiger partial charge in [-0.3, -0.25) is 0 Å². The molecule has 3 nitrogen and oxygen atoms in total. The summed E-state index contributed by atoms with van der Waals surface area (Å²) in [6.45, 7) is 0. The molecule has 0 spiro atoms. The molecule has 2 N–H and O–H groups in total. The van der Waals surface area contributed by atoms with E-state index >= 15 is 0 Å². The number of hydrogen-bond donors (Lipinski definition) is 2. The van der Waals surface area contributed by atoms with Crippen molar-refractivity contribution >= 4 is 40.6 Å². The Hall–Kier alpha value is 1.07. The molecule has 0 saturated carbocycles. The molecule has 0 aliphatic carbocycles. The quantitative estimate of drug-likeness (QED) is 0.336. The first-order valence-corrected chi connectivity index (χ1v) is 2.23. The van der Waals surface area contributed by atoms with Crippen molar-refractivity contribution in [3.63, 3.8) is 0 Å². The van der Waals surface area contributed by atoms with Gasteiger partial charge >= 0.3 is 0 Å². The van der Waals surface area contributed by atoms with Crippen molar-refractivity contribution in [3.05, 3.63) is 0 Å². The van der Waals surface area contributed by atoms with E-state index in [9.17, 15) is 4.21 Å². The SMILES string of the molecule is O=S(O)CO.[Na]. The van der Waals surface area contributed by atoms with Gasteiger partial charge in [-0.25, -0.2) is 4.21 Å². The molecule has 0 saturated heterocycles. The van der Waals surface area contributed by atoms with E-state index in [4.69, 9.17) is 9.66 Å². The minimum absolute atomic E-state index is 0. The maximum Gasteiger partial charge on any atom is 0.179 e. The second-order valence-corrected chi connectivity index (χ2v) is 1.35. The van der Waals surface area contributed by atoms with Crippen LogP contribution in [0.1, 0.15) is 0 Å². The van der Waals surface area contributed by atoms with Gasteiger partial charge in [0.05, 0.1) is 0 Å². The summed E-state index contributed by atoms with van der Waals surface area (Å²) in [4.78, 5) is 0. The van der Waals surface area contributed by atoms with Gasteiger partial charge in [0, 0.05) is 29.6 Å². The van der Waals surface area contributed by atoms with Gasteiger partial charge in [-0.2, -0.15) is 0 Å². The van der Waals surface area contributed by atoms with Gasteiger partial charge < -0.3 is 9.66 Å². The zero-order valence-electron chi connectivity index (χ0n) is 3.42. The van der Waals surface area contributed by atoms with Crippen molar-refractivity contribution in [2.45, 2.75) is 0 Å². The molecule has 1 atom stereocenters. The van der Waals surface area contributed by atoms with Gasteiger partial charge in [0.2, 0.25) is 0 Å². The van der Waals surface area contributed by atoms with Crippen molar-refractivity contribution in [2.75, 3.05) is 5.94 Å². The van der Waals surface area contributed by atoms with Crippen molar-refractivity contribution in [1.82, 2.24) is 0 Å². The topological polar surface area (TPSA) is 57.5 Å². The zero-order valence-corrected chi connectivity index (χ0v) is 6.23. The van der Waals surface area contributed by atoms with E-state index < -0.39 is 17.0 Å². The monoisotopic (exact) mass is 119 g/mol. The molecule has 0 rings (SSSR count). The Morgan fingerprint density at radius 2 is 1.83 bits per heavy atom. The fourth-order valence-corrected chi connectivity index (χ4v) is 0. The third kappa shape index (κ3) is 8.91. The molecule has 0 fully saturated rings. The summed E-state index contributed by atoms with van der Waals surface area (Å²) in [5.41, 5.74) is 0. The van der Waals surface area contributed by atoms with Crippen molar-refractivity contribution in [1.29, 1.82) is 0 Å². The van der Waals surface area contributed by atoms with Crippen LogP contribution in [0.2, 0.25) is 0 Å². The Morgan fingerprint density at radius 1 is 1.67 bits per heavy atom. The summed E-state index contributed by atoms with van der Waals surface area (Å²) in [6.07, 6.45) is 0. The van der Waals surface area contributed by atoms with E-state index in [1.54, 1.807) is 0 Å². The smallest absolute Gasteiger partial charge is 0.179 e. The first-order chi connectivity index (χ1) is 2.27. The van der Waals surface area contributed by atoms with Gasteiger partial charge in [0.15, 0.2) is 11.1 Å². The van der Waals surface area contributed by atoms with Crippen LogP contribution in [0.15, 0.2) is 0 Å². The number of aliphatic hydroxyl groups excluding tert-OH is 1. The van der Waals surface area contributed by atoms with E-state index in [1.165, 1.54) is 0 Å². The van der Waals surface area contributed by atoms with E-state index in [1.807, 2.05) is 0 Å². The Bertz CT molecular complexity index is 46.1. The van der Waals surface area contributed by atoms with Crippen LogP contribution in [0.3, 0.4) is 0 Å². The third-order valence-electron chi connectivity index (χ3n) is 0.110. The maximum atomic E-state index is 9.23. The molecule has 6 heavy (non-hydrogen) atoms. The van der Waals surface area contributed by atoms with Crippen molar-refractivity contribution < 1.29 is 13.9 Å². The molecule has 0 aromatic rings. The Balaban J connectivity index is 0. The second kappa shape index (κ2) is 6.07. The molecule has 1 radical (unpaired) electrons. The summed E-state index contributed by atoms with van der Waals surface area (Å²) in [5.74, 6) is -0.667. The third-order valence-corrected chi connectivity index (χ3v) is 0.331. The molecule has 5 heteroatoms.